The Balaban J connectivity index is 1.84. The molecule has 0 aliphatic rings. The van der Waals surface area contributed by atoms with Gasteiger partial charge in [0.15, 0.2) is 0 Å². The Hall–Kier alpha value is -1.29. The molecule has 0 radical (unpaired) electrons. The summed E-state index contributed by atoms with van der Waals surface area (Å²) in [4.78, 5) is 0. The molecular formula is C17H22ClNO2. The Morgan fingerprint density at radius 1 is 1.19 bits per heavy atom. The van der Waals surface area contributed by atoms with Crippen molar-refractivity contribution in [2.24, 2.45) is 0 Å². The summed E-state index contributed by atoms with van der Waals surface area (Å²) in [5.74, 6) is 1.87. The third kappa shape index (κ3) is 4.88. The van der Waals surface area contributed by atoms with Gasteiger partial charge >= 0.3 is 0 Å². The zero-order chi connectivity index (χ0) is 15.1. The molecule has 2 rings (SSSR count). The highest BCUT2D eigenvalue weighted by Crippen LogP contribution is 2.19. The summed E-state index contributed by atoms with van der Waals surface area (Å²) < 4.78 is 11.5. The van der Waals surface area contributed by atoms with Gasteiger partial charge in [-0.25, -0.2) is 0 Å². The number of benzene rings is 1. The van der Waals surface area contributed by atoms with Crippen molar-refractivity contribution in [2.45, 2.75) is 40.0 Å². The molecule has 4 heteroatoms. The minimum atomic E-state index is 0.508. The van der Waals surface area contributed by atoms with Crippen LogP contribution in [0.15, 0.2) is 34.7 Å². The zero-order valence-electron chi connectivity index (χ0n) is 12.6. The van der Waals surface area contributed by atoms with Crippen LogP contribution in [0.1, 0.15) is 36.0 Å². The van der Waals surface area contributed by atoms with E-state index in [-0.39, 0.29) is 0 Å². The van der Waals surface area contributed by atoms with Crippen LogP contribution in [0.3, 0.4) is 0 Å². The largest absolute Gasteiger partial charge is 0.465 e. The van der Waals surface area contributed by atoms with Gasteiger partial charge in [-0.15, -0.1) is 0 Å². The molecule has 0 spiro atoms. The van der Waals surface area contributed by atoms with E-state index in [1.165, 1.54) is 0 Å². The second-order valence-electron chi connectivity index (χ2n) is 5.06. The van der Waals surface area contributed by atoms with Crippen LogP contribution in [0.2, 0.25) is 5.02 Å². The van der Waals surface area contributed by atoms with Crippen LogP contribution in [-0.4, -0.2) is 6.54 Å². The summed E-state index contributed by atoms with van der Waals surface area (Å²) in [6.45, 7) is 6.92. The van der Waals surface area contributed by atoms with Crippen molar-refractivity contribution in [2.75, 3.05) is 6.54 Å². The van der Waals surface area contributed by atoms with Crippen LogP contribution in [0.5, 0.6) is 0 Å². The van der Waals surface area contributed by atoms with Gasteiger partial charge in [-0.05, 0) is 37.6 Å². The SMILES string of the molecule is CCCNCc1cc(COCc2ccccc2Cl)c(C)o1. The molecule has 0 amide bonds. The first-order chi connectivity index (χ1) is 10.2. The average molecular weight is 308 g/mol. The van der Waals surface area contributed by atoms with Gasteiger partial charge in [-0.2, -0.15) is 0 Å². The maximum atomic E-state index is 6.11. The smallest absolute Gasteiger partial charge is 0.118 e. The van der Waals surface area contributed by atoms with E-state index in [1.54, 1.807) is 0 Å². The molecule has 114 valence electrons. The highest BCUT2D eigenvalue weighted by molar-refractivity contribution is 6.31. The van der Waals surface area contributed by atoms with Gasteiger partial charge in [0.05, 0.1) is 19.8 Å². The molecule has 1 aromatic heterocycles. The lowest BCUT2D eigenvalue weighted by Gasteiger charge is -2.05. The Labute approximate surface area is 131 Å². The van der Waals surface area contributed by atoms with Crippen molar-refractivity contribution in [3.63, 3.8) is 0 Å². The van der Waals surface area contributed by atoms with Crippen molar-refractivity contribution in [3.8, 4) is 0 Å². The minimum Gasteiger partial charge on any atom is -0.465 e. The topological polar surface area (TPSA) is 34.4 Å². The Bertz CT molecular complexity index is 566. The Morgan fingerprint density at radius 2 is 1.95 bits per heavy atom. The number of hydrogen-bond acceptors (Lipinski definition) is 3. The van der Waals surface area contributed by atoms with E-state index >= 15 is 0 Å². The number of hydrogen-bond donors (Lipinski definition) is 1. The van der Waals surface area contributed by atoms with Gasteiger partial charge in [-0.1, -0.05) is 36.7 Å². The number of furan rings is 1. The molecular weight excluding hydrogens is 286 g/mol. The summed E-state index contributed by atoms with van der Waals surface area (Å²) >= 11 is 6.11. The van der Waals surface area contributed by atoms with Crippen molar-refractivity contribution in [1.82, 2.24) is 5.32 Å². The molecule has 0 aliphatic carbocycles. The minimum absolute atomic E-state index is 0.508. The van der Waals surface area contributed by atoms with Gasteiger partial charge in [-0.3, -0.25) is 0 Å². The van der Waals surface area contributed by atoms with E-state index in [9.17, 15) is 0 Å². The van der Waals surface area contributed by atoms with Crippen LogP contribution in [0.4, 0.5) is 0 Å². The second kappa shape index (κ2) is 8.23. The van der Waals surface area contributed by atoms with Crippen LogP contribution in [0.25, 0.3) is 0 Å². The normalized spacial score (nSPS) is 11.0. The summed E-state index contributed by atoms with van der Waals surface area (Å²) in [6.07, 6.45) is 1.12. The molecule has 0 unspecified atom stereocenters. The molecule has 0 aliphatic heterocycles. The molecule has 0 fully saturated rings. The Morgan fingerprint density at radius 3 is 2.71 bits per heavy atom. The van der Waals surface area contributed by atoms with Crippen molar-refractivity contribution < 1.29 is 9.15 Å². The molecule has 0 saturated heterocycles. The van der Waals surface area contributed by atoms with Gasteiger partial charge in [0.25, 0.3) is 0 Å². The quantitative estimate of drug-likeness (QED) is 0.731. The van der Waals surface area contributed by atoms with Crippen molar-refractivity contribution >= 4 is 11.6 Å². The van der Waals surface area contributed by atoms with Crippen LogP contribution < -0.4 is 5.32 Å². The van der Waals surface area contributed by atoms with Gasteiger partial charge < -0.3 is 14.5 Å². The lowest BCUT2D eigenvalue weighted by atomic mass is 10.2. The number of ether oxygens (including phenoxy) is 1. The molecule has 0 saturated carbocycles. The first kappa shape index (κ1) is 16.1. The van der Waals surface area contributed by atoms with E-state index < -0.39 is 0 Å². The molecule has 21 heavy (non-hydrogen) atoms. The lowest BCUT2D eigenvalue weighted by molar-refractivity contribution is 0.106. The summed E-state index contributed by atoms with van der Waals surface area (Å²) in [5, 5.41) is 4.07. The standard InChI is InChI=1S/C17H22ClNO2/c1-3-8-19-10-16-9-15(13(2)21-16)12-20-11-14-6-4-5-7-17(14)18/h4-7,9,19H,3,8,10-12H2,1-2H3. The van der Waals surface area contributed by atoms with E-state index in [1.807, 2.05) is 31.2 Å². The first-order valence-corrected chi connectivity index (χ1v) is 7.68. The highest BCUT2D eigenvalue weighted by atomic mass is 35.5. The van der Waals surface area contributed by atoms with Gasteiger partial charge in [0.2, 0.25) is 0 Å². The summed E-state index contributed by atoms with van der Waals surface area (Å²) in [6, 6.07) is 9.79. The van der Waals surface area contributed by atoms with Gasteiger partial charge in [0, 0.05) is 10.6 Å². The third-order valence-electron chi connectivity index (χ3n) is 3.27. The number of halogens is 1. The monoisotopic (exact) mass is 307 g/mol. The second-order valence-corrected chi connectivity index (χ2v) is 5.46. The fraction of sp³-hybridized carbons (Fsp3) is 0.412. The molecule has 1 heterocycles. The molecule has 0 bridgehead atoms. The number of nitrogens with one attached hydrogen (secondary N) is 1. The molecule has 0 atom stereocenters. The fourth-order valence-electron chi connectivity index (χ4n) is 2.09. The lowest BCUT2D eigenvalue weighted by Crippen LogP contribution is -2.13. The maximum Gasteiger partial charge on any atom is 0.118 e. The predicted molar refractivity (Wildman–Crippen MR) is 85.4 cm³/mol. The molecule has 2 aromatic rings. The summed E-state index contributed by atoms with van der Waals surface area (Å²) in [7, 11) is 0. The molecule has 1 N–H and O–H groups in total. The van der Waals surface area contributed by atoms with E-state index in [2.05, 4.69) is 18.3 Å². The van der Waals surface area contributed by atoms with Crippen LogP contribution in [-0.2, 0) is 24.5 Å². The highest BCUT2D eigenvalue weighted by Gasteiger charge is 2.08. The molecule has 1 aromatic carbocycles. The average Bonchev–Trinajstić information content (AvgIpc) is 2.82. The predicted octanol–water partition coefficient (Wildman–Crippen LogP) is 4.46. The number of aryl methyl sites for hydroxylation is 1. The van der Waals surface area contributed by atoms with Crippen molar-refractivity contribution in [1.29, 1.82) is 0 Å². The zero-order valence-corrected chi connectivity index (χ0v) is 13.4. The fourth-order valence-corrected chi connectivity index (χ4v) is 2.28. The van der Waals surface area contributed by atoms with E-state index in [0.717, 1.165) is 47.2 Å². The van der Waals surface area contributed by atoms with Gasteiger partial charge in [0.1, 0.15) is 11.5 Å². The van der Waals surface area contributed by atoms with Crippen LogP contribution in [0, 0.1) is 6.92 Å². The Kier molecular flexibility index (Phi) is 6.30. The van der Waals surface area contributed by atoms with E-state index in [4.69, 9.17) is 20.8 Å². The maximum absolute atomic E-state index is 6.11. The molecule has 3 nitrogen and oxygen atoms in total. The first-order valence-electron chi connectivity index (χ1n) is 7.30. The third-order valence-corrected chi connectivity index (χ3v) is 3.64. The number of rotatable bonds is 8. The summed E-state index contributed by atoms with van der Waals surface area (Å²) in [5.41, 5.74) is 2.10. The van der Waals surface area contributed by atoms with E-state index in [0.29, 0.717) is 13.2 Å². The van der Waals surface area contributed by atoms with Crippen LogP contribution >= 0.6 is 11.6 Å². The van der Waals surface area contributed by atoms with Crippen molar-refractivity contribution in [3.05, 3.63) is 58.0 Å².